The number of hydrogen-bond donors (Lipinski definition) is 1. The standard InChI is InChI=1S/C16H29N3/c1-13(2)12-15(17-3)9-8-14-10-11-19(18-14)16-6-4-5-7-16/h10-11,13,15-17H,4-9,12H2,1-3H3. The Morgan fingerprint density at radius 1 is 1.37 bits per heavy atom. The van der Waals surface area contributed by atoms with Gasteiger partial charge in [0.2, 0.25) is 0 Å². The fourth-order valence-corrected chi connectivity index (χ4v) is 3.15. The Morgan fingerprint density at radius 3 is 2.74 bits per heavy atom. The van der Waals surface area contributed by atoms with Crippen molar-refractivity contribution in [2.24, 2.45) is 5.92 Å². The number of rotatable bonds is 7. The lowest BCUT2D eigenvalue weighted by atomic mass is 9.99. The van der Waals surface area contributed by atoms with Crippen LogP contribution in [-0.4, -0.2) is 22.9 Å². The van der Waals surface area contributed by atoms with E-state index in [1.54, 1.807) is 0 Å². The first-order valence-electron chi connectivity index (χ1n) is 7.90. The molecule has 1 aliphatic carbocycles. The Labute approximate surface area is 117 Å². The molecular weight excluding hydrogens is 234 g/mol. The second-order valence-electron chi connectivity index (χ2n) is 6.38. The van der Waals surface area contributed by atoms with Crippen LogP contribution in [0.5, 0.6) is 0 Å². The van der Waals surface area contributed by atoms with E-state index in [0.29, 0.717) is 12.1 Å². The molecule has 3 nitrogen and oxygen atoms in total. The van der Waals surface area contributed by atoms with E-state index in [1.165, 1.54) is 44.2 Å². The summed E-state index contributed by atoms with van der Waals surface area (Å²) >= 11 is 0. The number of hydrogen-bond acceptors (Lipinski definition) is 2. The Hall–Kier alpha value is -0.830. The third-order valence-corrected chi connectivity index (χ3v) is 4.28. The first-order chi connectivity index (χ1) is 9.19. The van der Waals surface area contributed by atoms with Crippen molar-refractivity contribution in [3.63, 3.8) is 0 Å². The normalized spacial score (nSPS) is 18.3. The summed E-state index contributed by atoms with van der Waals surface area (Å²) < 4.78 is 2.21. The zero-order valence-electron chi connectivity index (χ0n) is 12.7. The van der Waals surface area contributed by atoms with Crippen LogP contribution < -0.4 is 5.32 Å². The molecular formula is C16H29N3. The van der Waals surface area contributed by atoms with Gasteiger partial charge in [-0.25, -0.2) is 0 Å². The van der Waals surface area contributed by atoms with E-state index >= 15 is 0 Å². The smallest absolute Gasteiger partial charge is 0.0625 e. The largest absolute Gasteiger partial charge is 0.317 e. The summed E-state index contributed by atoms with van der Waals surface area (Å²) in [5.41, 5.74) is 1.26. The summed E-state index contributed by atoms with van der Waals surface area (Å²) in [5, 5.41) is 8.20. The van der Waals surface area contributed by atoms with Gasteiger partial charge >= 0.3 is 0 Å². The second kappa shape index (κ2) is 7.09. The highest BCUT2D eigenvalue weighted by Crippen LogP contribution is 2.28. The molecule has 1 N–H and O–H groups in total. The molecule has 0 radical (unpaired) electrons. The summed E-state index contributed by atoms with van der Waals surface area (Å²) in [4.78, 5) is 0. The van der Waals surface area contributed by atoms with Gasteiger partial charge < -0.3 is 5.32 Å². The third kappa shape index (κ3) is 4.34. The molecule has 3 heteroatoms. The van der Waals surface area contributed by atoms with E-state index in [1.807, 2.05) is 0 Å². The highest BCUT2D eigenvalue weighted by molar-refractivity contribution is 5.01. The molecule has 19 heavy (non-hydrogen) atoms. The van der Waals surface area contributed by atoms with Crippen LogP contribution in [0.4, 0.5) is 0 Å². The summed E-state index contributed by atoms with van der Waals surface area (Å²) in [7, 11) is 2.07. The van der Waals surface area contributed by atoms with E-state index in [2.05, 4.69) is 43.2 Å². The molecule has 2 rings (SSSR count). The minimum absolute atomic E-state index is 0.622. The van der Waals surface area contributed by atoms with Gasteiger partial charge in [-0.1, -0.05) is 26.7 Å². The van der Waals surface area contributed by atoms with Gasteiger partial charge in [0.05, 0.1) is 11.7 Å². The van der Waals surface area contributed by atoms with E-state index < -0.39 is 0 Å². The van der Waals surface area contributed by atoms with E-state index in [4.69, 9.17) is 5.10 Å². The van der Waals surface area contributed by atoms with E-state index in [-0.39, 0.29) is 0 Å². The minimum atomic E-state index is 0.622. The third-order valence-electron chi connectivity index (χ3n) is 4.28. The van der Waals surface area contributed by atoms with Gasteiger partial charge in [0, 0.05) is 12.2 Å². The predicted octanol–water partition coefficient (Wildman–Crippen LogP) is 3.56. The van der Waals surface area contributed by atoms with Gasteiger partial charge in [-0.15, -0.1) is 0 Å². The number of aromatic nitrogens is 2. The quantitative estimate of drug-likeness (QED) is 0.815. The summed E-state index contributed by atoms with van der Waals surface area (Å²) in [6.07, 6.45) is 11.1. The van der Waals surface area contributed by atoms with Gasteiger partial charge in [-0.2, -0.15) is 5.10 Å². The molecule has 1 aliphatic rings. The summed E-state index contributed by atoms with van der Waals surface area (Å²) in [6, 6.07) is 3.50. The molecule has 1 aromatic heterocycles. The van der Waals surface area contributed by atoms with Crippen molar-refractivity contribution >= 4 is 0 Å². The lowest BCUT2D eigenvalue weighted by Crippen LogP contribution is -2.27. The molecule has 1 unspecified atom stereocenters. The van der Waals surface area contributed by atoms with Crippen LogP contribution in [0, 0.1) is 5.92 Å². The SMILES string of the molecule is CNC(CCc1ccn(C2CCCC2)n1)CC(C)C. The highest BCUT2D eigenvalue weighted by atomic mass is 15.3. The van der Waals surface area contributed by atoms with Crippen molar-refractivity contribution in [3.05, 3.63) is 18.0 Å². The first kappa shape index (κ1) is 14.6. The van der Waals surface area contributed by atoms with Crippen molar-refractivity contribution in [3.8, 4) is 0 Å². The van der Waals surface area contributed by atoms with Gasteiger partial charge in [0.15, 0.2) is 0 Å². The van der Waals surface area contributed by atoms with Gasteiger partial charge in [0.25, 0.3) is 0 Å². The van der Waals surface area contributed by atoms with Crippen molar-refractivity contribution in [1.29, 1.82) is 0 Å². The molecule has 108 valence electrons. The highest BCUT2D eigenvalue weighted by Gasteiger charge is 2.17. The van der Waals surface area contributed by atoms with Gasteiger partial charge in [0.1, 0.15) is 0 Å². The van der Waals surface area contributed by atoms with Gasteiger partial charge in [-0.3, -0.25) is 4.68 Å². The molecule has 0 aliphatic heterocycles. The maximum Gasteiger partial charge on any atom is 0.0625 e. The Kier molecular flexibility index (Phi) is 5.44. The second-order valence-corrected chi connectivity index (χ2v) is 6.38. The molecule has 1 aromatic rings. The molecule has 1 heterocycles. The molecule has 1 saturated carbocycles. The monoisotopic (exact) mass is 263 g/mol. The van der Waals surface area contributed by atoms with Crippen LogP contribution in [-0.2, 0) is 6.42 Å². The average molecular weight is 263 g/mol. The fourth-order valence-electron chi connectivity index (χ4n) is 3.15. The van der Waals surface area contributed by atoms with Crippen molar-refractivity contribution < 1.29 is 0 Å². The van der Waals surface area contributed by atoms with Crippen molar-refractivity contribution in [2.45, 2.75) is 70.9 Å². The molecule has 0 bridgehead atoms. The van der Waals surface area contributed by atoms with Crippen LogP contribution >= 0.6 is 0 Å². The van der Waals surface area contributed by atoms with Crippen LogP contribution in [0.15, 0.2) is 12.3 Å². The van der Waals surface area contributed by atoms with Crippen LogP contribution in [0.3, 0.4) is 0 Å². The van der Waals surface area contributed by atoms with Crippen molar-refractivity contribution in [1.82, 2.24) is 15.1 Å². The Morgan fingerprint density at radius 2 is 2.11 bits per heavy atom. The zero-order chi connectivity index (χ0) is 13.7. The predicted molar refractivity (Wildman–Crippen MR) is 80.4 cm³/mol. The summed E-state index contributed by atoms with van der Waals surface area (Å²) in [6.45, 7) is 4.58. The van der Waals surface area contributed by atoms with E-state index in [0.717, 1.165) is 12.3 Å². The number of nitrogens with zero attached hydrogens (tertiary/aromatic N) is 2. The minimum Gasteiger partial charge on any atom is -0.317 e. The fraction of sp³-hybridized carbons (Fsp3) is 0.812. The molecule has 1 fully saturated rings. The van der Waals surface area contributed by atoms with Crippen LogP contribution in [0.25, 0.3) is 0 Å². The zero-order valence-corrected chi connectivity index (χ0v) is 12.7. The van der Waals surface area contributed by atoms with Gasteiger partial charge in [-0.05, 0) is 51.1 Å². The number of nitrogens with one attached hydrogen (secondary N) is 1. The van der Waals surface area contributed by atoms with E-state index in [9.17, 15) is 0 Å². The first-order valence-corrected chi connectivity index (χ1v) is 7.90. The lowest BCUT2D eigenvalue weighted by Gasteiger charge is -2.17. The van der Waals surface area contributed by atoms with Crippen molar-refractivity contribution in [2.75, 3.05) is 7.05 Å². The Balaban J connectivity index is 1.82. The molecule has 0 amide bonds. The topological polar surface area (TPSA) is 29.9 Å². The maximum atomic E-state index is 4.77. The maximum absolute atomic E-state index is 4.77. The summed E-state index contributed by atoms with van der Waals surface area (Å²) in [5.74, 6) is 0.758. The average Bonchev–Trinajstić information content (AvgIpc) is 3.03. The molecule has 0 spiro atoms. The molecule has 0 aromatic carbocycles. The van der Waals surface area contributed by atoms with Crippen LogP contribution in [0.2, 0.25) is 0 Å². The van der Waals surface area contributed by atoms with Crippen LogP contribution in [0.1, 0.15) is 64.1 Å². The Bertz CT molecular complexity index is 364. The molecule has 0 saturated heterocycles. The number of aryl methyl sites for hydroxylation is 1. The lowest BCUT2D eigenvalue weighted by molar-refractivity contribution is 0.417. The molecule has 1 atom stereocenters.